The minimum absolute atomic E-state index is 0.181. The van der Waals surface area contributed by atoms with Gasteiger partial charge in [0.05, 0.1) is 5.56 Å². The quantitative estimate of drug-likeness (QED) is 0.768. The van der Waals surface area contributed by atoms with E-state index in [0.29, 0.717) is 42.9 Å². The van der Waals surface area contributed by atoms with Crippen molar-refractivity contribution in [3.8, 4) is 0 Å². The molecular formula is C23H30FN3O2. The van der Waals surface area contributed by atoms with Gasteiger partial charge in [0.1, 0.15) is 5.82 Å². The van der Waals surface area contributed by atoms with Crippen molar-refractivity contribution in [3.05, 3.63) is 35.6 Å². The van der Waals surface area contributed by atoms with E-state index in [1.54, 1.807) is 23.1 Å². The van der Waals surface area contributed by atoms with Gasteiger partial charge in [-0.15, -0.1) is 0 Å². The van der Waals surface area contributed by atoms with Gasteiger partial charge in [-0.2, -0.15) is 0 Å². The van der Waals surface area contributed by atoms with Crippen LogP contribution in [0.5, 0.6) is 0 Å². The lowest BCUT2D eigenvalue weighted by Gasteiger charge is -2.54. The Hall–Kier alpha value is -1.95. The zero-order valence-corrected chi connectivity index (χ0v) is 16.9. The van der Waals surface area contributed by atoms with Gasteiger partial charge in [0, 0.05) is 51.2 Å². The monoisotopic (exact) mass is 399 g/mol. The molecule has 5 nitrogen and oxygen atoms in total. The largest absolute Gasteiger partial charge is 0.339 e. The van der Waals surface area contributed by atoms with Crippen molar-refractivity contribution in [2.45, 2.75) is 50.6 Å². The molecule has 0 radical (unpaired) electrons. The third-order valence-electron chi connectivity index (χ3n) is 7.58. The second-order valence-corrected chi connectivity index (χ2v) is 9.32. The maximum atomic E-state index is 14.0. The lowest BCUT2D eigenvalue weighted by Crippen LogP contribution is -2.62. The fraction of sp³-hybridized carbons (Fsp3) is 0.652. The SMILES string of the molecule is O=C(c1ccccc1F)N1CCC(N2CC3CC(C2)[C@H]2CCCC(=O)N2C3)CC1. The number of carbonyl (C=O) groups excluding carboxylic acids is 2. The number of carbonyl (C=O) groups is 2. The predicted octanol–water partition coefficient (Wildman–Crippen LogP) is 2.76. The second kappa shape index (κ2) is 7.71. The van der Waals surface area contributed by atoms with Gasteiger partial charge < -0.3 is 9.80 Å². The molecule has 2 bridgehead atoms. The summed E-state index contributed by atoms with van der Waals surface area (Å²) in [7, 11) is 0. The van der Waals surface area contributed by atoms with Crippen molar-refractivity contribution >= 4 is 11.8 Å². The summed E-state index contributed by atoms with van der Waals surface area (Å²) in [5.41, 5.74) is 0.181. The number of amides is 2. The number of piperidine rings is 4. The molecule has 4 saturated heterocycles. The smallest absolute Gasteiger partial charge is 0.256 e. The first-order chi connectivity index (χ1) is 14.1. The molecule has 4 heterocycles. The molecule has 29 heavy (non-hydrogen) atoms. The molecule has 4 fully saturated rings. The molecule has 1 aromatic rings. The molecular weight excluding hydrogens is 369 g/mol. The Kier molecular flexibility index (Phi) is 5.06. The molecule has 156 valence electrons. The summed E-state index contributed by atoms with van der Waals surface area (Å²) in [4.78, 5) is 31.7. The number of halogens is 1. The zero-order valence-electron chi connectivity index (χ0n) is 16.9. The van der Waals surface area contributed by atoms with E-state index < -0.39 is 5.82 Å². The highest BCUT2D eigenvalue weighted by molar-refractivity contribution is 5.94. The Bertz CT molecular complexity index is 792. The first kappa shape index (κ1) is 19.0. The Morgan fingerprint density at radius 3 is 2.62 bits per heavy atom. The molecule has 0 aliphatic carbocycles. The molecule has 5 rings (SSSR count). The summed E-state index contributed by atoms with van der Waals surface area (Å²) in [6.45, 7) is 4.46. The second-order valence-electron chi connectivity index (χ2n) is 9.32. The number of benzene rings is 1. The van der Waals surface area contributed by atoms with Gasteiger partial charge in [0.15, 0.2) is 0 Å². The van der Waals surface area contributed by atoms with Crippen LogP contribution in [0, 0.1) is 17.7 Å². The zero-order chi connectivity index (χ0) is 20.0. The molecule has 1 aromatic carbocycles. The van der Waals surface area contributed by atoms with Crippen molar-refractivity contribution in [3.63, 3.8) is 0 Å². The van der Waals surface area contributed by atoms with E-state index in [1.165, 1.54) is 12.5 Å². The lowest BCUT2D eigenvalue weighted by molar-refractivity contribution is -0.145. The van der Waals surface area contributed by atoms with E-state index in [0.717, 1.165) is 51.7 Å². The average Bonchev–Trinajstić information content (AvgIpc) is 2.74. The number of nitrogens with zero attached hydrogens (tertiary/aromatic N) is 3. The Balaban J connectivity index is 1.20. The summed E-state index contributed by atoms with van der Waals surface area (Å²) in [5.74, 6) is 0.933. The fourth-order valence-corrected chi connectivity index (χ4v) is 6.19. The van der Waals surface area contributed by atoms with Crippen LogP contribution < -0.4 is 0 Å². The molecule has 2 amide bonds. The number of hydrogen-bond donors (Lipinski definition) is 0. The highest BCUT2D eigenvalue weighted by atomic mass is 19.1. The minimum atomic E-state index is -0.435. The number of rotatable bonds is 2. The standard InChI is InChI=1S/C23H30FN3O2/c24-20-5-2-1-4-19(20)23(29)25-10-8-18(9-11-25)26-13-16-12-17(15-26)21-6-3-7-22(28)27(21)14-16/h1-2,4-5,16-18,21H,3,6-15H2/t16?,17?,21-/m1/s1. The highest BCUT2D eigenvalue weighted by Crippen LogP contribution is 2.39. The van der Waals surface area contributed by atoms with Crippen LogP contribution in [-0.4, -0.2) is 71.3 Å². The van der Waals surface area contributed by atoms with E-state index >= 15 is 0 Å². The average molecular weight is 400 g/mol. The van der Waals surface area contributed by atoms with Gasteiger partial charge >= 0.3 is 0 Å². The van der Waals surface area contributed by atoms with Crippen molar-refractivity contribution in [2.75, 3.05) is 32.7 Å². The summed E-state index contributed by atoms with van der Waals surface area (Å²) < 4.78 is 14.0. The molecule has 4 aliphatic rings. The number of hydrogen-bond acceptors (Lipinski definition) is 3. The summed E-state index contributed by atoms with van der Waals surface area (Å²) in [6, 6.07) is 7.20. The van der Waals surface area contributed by atoms with Crippen molar-refractivity contribution < 1.29 is 14.0 Å². The molecule has 2 unspecified atom stereocenters. The Morgan fingerprint density at radius 1 is 1.03 bits per heavy atom. The van der Waals surface area contributed by atoms with Crippen molar-refractivity contribution in [1.82, 2.24) is 14.7 Å². The van der Waals surface area contributed by atoms with Crippen LogP contribution in [-0.2, 0) is 4.79 Å². The van der Waals surface area contributed by atoms with E-state index in [1.807, 2.05) is 0 Å². The molecule has 0 N–H and O–H groups in total. The summed E-state index contributed by atoms with van der Waals surface area (Å²) in [6.07, 6.45) is 6.09. The van der Waals surface area contributed by atoms with E-state index in [9.17, 15) is 14.0 Å². The van der Waals surface area contributed by atoms with Crippen LogP contribution in [0.15, 0.2) is 24.3 Å². The topological polar surface area (TPSA) is 43.9 Å². The Morgan fingerprint density at radius 2 is 1.83 bits per heavy atom. The van der Waals surface area contributed by atoms with Crippen molar-refractivity contribution in [1.29, 1.82) is 0 Å². The first-order valence-electron chi connectivity index (χ1n) is 11.2. The number of fused-ring (bicyclic) bond motifs is 4. The summed E-state index contributed by atoms with van der Waals surface area (Å²) in [5, 5.41) is 0. The van der Waals surface area contributed by atoms with E-state index in [2.05, 4.69) is 9.80 Å². The first-order valence-corrected chi connectivity index (χ1v) is 11.2. The van der Waals surface area contributed by atoms with Crippen LogP contribution in [0.3, 0.4) is 0 Å². The van der Waals surface area contributed by atoms with Crippen LogP contribution in [0.1, 0.15) is 48.9 Å². The van der Waals surface area contributed by atoms with Gasteiger partial charge in [-0.3, -0.25) is 14.5 Å². The van der Waals surface area contributed by atoms with Gasteiger partial charge in [-0.1, -0.05) is 12.1 Å². The maximum Gasteiger partial charge on any atom is 0.256 e. The van der Waals surface area contributed by atoms with Crippen LogP contribution in [0.25, 0.3) is 0 Å². The third kappa shape index (κ3) is 3.56. The van der Waals surface area contributed by atoms with E-state index in [4.69, 9.17) is 0 Å². The number of likely N-dealkylation sites (tertiary alicyclic amines) is 2. The molecule has 0 aromatic heterocycles. The minimum Gasteiger partial charge on any atom is -0.339 e. The highest BCUT2D eigenvalue weighted by Gasteiger charge is 2.45. The molecule has 3 atom stereocenters. The third-order valence-corrected chi connectivity index (χ3v) is 7.58. The van der Waals surface area contributed by atoms with Crippen LogP contribution in [0.4, 0.5) is 4.39 Å². The van der Waals surface area contributed by atoms with E-state index in [-0.39, 0.29) is 11.5 Å². The van der Waals surface area contributed by atoms with Crippen LogP contribution in [0.2, 0.25) is 0 Å². The Labute approximate surface area is 171 Å². The fourth-order valence-electron chi connectivity index (χ4n) is 6.19. The van der Waals surface area contributed by atoms with Gasteiger partial charge in [0.2, 0.25) is 5.91 Å². The van der Waals surface area contributed by atoms with Gasteiger partial charge in [-0.05, 0) is 56.1 Å². The molecule has 0 spiro atoms. The lowest BCUT2D eigenvalue weighted by atomic mass is 9.75. The van der Waals surface area contributed by atoms with Crippen molar-refractivity contribution in [2.24, 2.45) is 11.8 Å². The molecule has 4 aliphatic heterocycles. The molecule has 6 heteroatoms. The van der Waals surface area contributed by atoms with Crippen LogP contribution >= 0.6 is 0 Å². The van der Waals surface area contributed by atoms with Gasteiger partial charge in [-0.25, -0.2) is 4.39 Å². The predicted molar refractivity (Wildman–Crippen MR) is 108 cm³/mol. The maximum absolute atomic E-state index is 14.0. The molecule has 0 saturated carbocycles. The normalized spacial score (nSPS) is 30.9. The summed E-state index contributed by atoms with van der Waals surface area (Å²) >= 11 is 0. The van der Waals surface area contributed by atoms with Gasteiger partial charge in [0.25, 0.3) is 5.91 Å².